The molecular formula is C21H30N6O. The van der Waals surface area contributed by atoms with Gasteiger partial charge in [0.15, 0.2) is 5.82 Å². The number of anilines is 3. The van der Waals surface area contributed by atoms with E-state index in [2.05, 4.69) is 32.9 Å². The van der Waals surface area contributed by atoms with E-state index < -0.39 is 0 Å². The SMILES string of the molecule is CCCCn1nc(Nc2ccnc(N3CC4(CO)CCC3C4)n2)cc1C1CC1. The molecular weight excluding hydrogens is 352 g/mol. The predicted octanol–water partition coefficient (Wildman–Crippen LogP) is 3.45. The van der Waals surface area contributed by atoms with Gasteiger partial charge in [0.1, 0.15) is 5.82 Å². The number of hydrogen-bond donors (Lipinski definition) is 2. The van der Waals surface area contributed by atoms with E-state index in [-0.39, 0.29) is 12.0 Å². The van der Waals surface area contributed by atoms with E-state index in [0.717, 1.165) is 56.4 Å². The zero-order valence-corrected chi connectivity index (χ0v) is 16.6. The maximum Gasteiger partial charge on any atom is 0.227 e. The Kier molecular flexibility index (Phi) is 4.50. The largest absolute Gasteiger partial charge is 0.396 e. The van der Waals surface area contributed by atoms with E-state index in [0.29, 0.717) is 12.0 Å². The van der Waals surface area contributed by atoms with Crippen molar-refractivity contribution in [3.8, 4) is 0 Å². The van der Waals surface area contributed by atoms with Crippen LogP contribution < -0.4 is 10.2 Å². The van der Waals surface area contributed by atoms with E-state index >= 15 is 0 Å². The van der Waals surface area contributed by atoms with Crippen molar-refractivity contribution in [3.05, 3.63) is 24.0 Å². The van der Waals surface area contributed by atoms with Gasteiger partial charge in [0.05, 0.1) is 6.61 Å². The summed E-state index contributed by atoms with van der Waals surface area (Å²) in [5, 5.41) is 18.0. The molecule has 2 aliphatic carbocycles. The Morgan fingerprint density at radius 2 is 2.18 bits per heavy atom. The number of nitrogens with one attached hydrogen (secondary N) is 1. The first-order valence-corrected chi connectivity index (χ1v) is 10.7. The molecule has 150 valence electrons. The number of aryl methyl sites for hydroxylation is 1. The second kappa shape index (κ2) is 7.03. The summed E-state index contributed by atoms with van der Waals surface area (Å²) < 4.78 is 2.18. The summed E-state index contributed by atoms with van der Waals surface area (Å²) in [6, 6.07) is 4.55. The molecule has 0 spiro atoms. The van der Waals surface area contributed by atoms with Crippen LogP contribution in [0.25, 0.3) is 0 Å². The Labute approximate surface area is 166 Å². The average Bonchev–Trinajstić information content (AvgIpc) is 3.21. The van der Waals surface area contributed by atoms with Gasteiger partial charge in [0, 0.05) is 48.4 Å². The Morgan fingerprint density at radius 1 is 1.29 bits per heavy atom. The van der Waals surface area contributed by atoms with Crippen molar-refractivity contribution in [2.45, 2.75) is 70.4 Å². The van der Waals surface area contributed by atoms with Crippen molar-refractivity contribution < 1.29 is 5.11 Å². The molecule has 2 N–H and O–H groups in total. The van der Waals surface area contributed by atoms with Gasteiger partial charge in [-0.1, -0.05) is 13.3 Å². The maximum atomic E-state index is 9.81. The molecule has 2 bridgehead atoms. The summed E-state index contributed by atoms with van der Waals surface area (Å²) in [5.41, 5.74) is 1.40. The molecule has 5 rings (SSSR count). The lowest BCUT2D eigenvalue weighted by Gasteiger charge is -2.31. The Bertz CT molecular complexity index is 847. The van der Waals surface area contributed by atoms with Crippen molar-refractivity contribution in [1.29, 1.82) is 0 Å². The fraction of sp³-hybridized carbons (Fsp3) is 0.667. The van der Waals surface area contributed by atoms with Gasteiger partial charge >= 0.3 is 0 Å². The number of rotatable bonds is 8. The van der Waals surface area contributed by atoms with E-state index in [1.54, 1.807) is 0 Å². The van der Waals surface area contributed by atoms with Crippen LogP contribution in [0.3, 0.4) is 0 Å². The normalized spacial score (nSPS) is 26.2. The van der Waals surface area contributed by atoms with Crippen LogP contribution in [0, 0.1) is 5.41 Å². The number of unbranched alkanes of at least 4 members (excludes halogenated alkanes) is 1. The van der Waals surface area contributed by atoms with Gasteiger partial charge in [-0.25, -0.2) is 4.98 Å². The molecule has 0 amide bonds. The molecule has 0 radical (unpaired) electrons. The summed E-state index contributed by atoms with van der Waals surface area (Å²) in [5.74, 6) is 3.10. The first-order chi connectivity index (χ1) is 13.7. The van der Waals surface area contributed by atoms with Crippen LogP contribution in [-0.2, 0) is 6.54 Å². The van der Waals surface area contributed by atoms with Crippen LogP contribution in [0.15, 0.2) is 18.3 Å². The van der Waals surface area contributed by atoms with Crippen molar-refractivity contribution >= 4 is 17.6 Å². The minimum atomic E-state index is 0.0503. The highest BCUT2D eigenvalue weighted by atomic mass is 16.3. The molecule has 3 fully saturated rings. The highest BCUT2D eigenvalue weighted by molar-refractivity contribution is 5.54. The third-order valence-electron chi connectivity index (χ3n) is 6.64. The number of fused-ring (bicyclic) bond motifs is 2. The molecule has 7 nitrogen and oxygen atoms in total. The van der Waals surface area contributed by atoms with Gasteiger partial charge in [-0.2, -0.15) is 10.1 Å². The topological polar surface area (TPSA) is 79.1 Å². The smallest absolute Gasteiger partial charge is 0.227 e. The van der Waals surface area contributed by atoms with Crippen LogP contribution in [0.5, 0.6) is 0 Å². The van der Waals surface area contributed by atoms with Crippen molar-refractivity contribution in [2.75, 3.05) is 23.4 Å². The maximum absolute atomic E-state index is 9.81. The van der Waals surface area contributed by atoms with Gasteiger partial charge < -0.3 is 15.3 Å². The minimum Gasteiger partial charge on any atom is -0.396 e. The number of hydrogen-bond acceptors (Lipinski definition) is 6. The fourth-order valence-electron chi connectivity index (χ4n) is 4.88. The van der Waals surface area contributed by atoms with E-state index in [1.165, 1.54) is 25.0 Å². The number of piperidine rings is 1. The van der Waals surface area contributed by atoms with Gasteiger partial charge in [0.25, 0.3) is 0 Å². The van der Waals surface area contributed by atoms with Crippen LogP contribution in [-0.4, -0.2) is 44.0 Å². The number of aliphatic hydroxyl groups excluding tert-OH is 1. The lowest BCUT2D eigenvalue weighted by molar-refractivity contribution is 0.148. The molecule has 0 aromatic carbocycles. The summed E-state index contributed by atoms with van der Waals surface area (Å²) in [6.45, 7) is 4.32. The first kappa shape index (κ1) is 17.9. The zero-order chi connectivity index (χ0) is 19.1. The quantitative estimate of drug-likeness (QED) is 0.728. The molecule has 1 aliphatic heterocycles. The highest BCUT2D eigenvalue weighted by Gasteiger charge is 2.49. The van der Waals surface area contributed by atoms with Crippen molar-refractivity contribution in [3.63, 3.8) is 0 Å². The van der Waals surface area contributed by atoms with Gasteiger partial charge in [-0.05, 0) is 44.6 Å². The van der Waals surface area contributed by atoms with E-state index in [1.807, 2.05) is 12.3 Å². The summed E-state index contributed by atoms with van der Waals surface area (Å²) >= 11 is 0. The average molecular weight is 383 g/mol. The van der Waals surface area contributed by atoms with Gasteiger partial charge in [-0.3, -0.25) is 4.68 Å². The van der Waals surface area contributed by atoms with Crippen molar-refractivity contribution in [2.24, 2.45) is 5.41 Å². The summed E-state index contributed by atoms with van der Waals surface area (Å²) in [4.78, 5) is 11.6. The third-order valence-corrected chi connectivity index (χ3v) is 6.64. The Balaban J connectivity index is 1.33. The standard InChI is InChI=1S/C21H30N6O/c1-2-3-10-27-17(15-4-5-15)11-19(25-27)23-18-7-9-22-20(24-18)26-13-21(14-28)8-6-16(26)12-21/h7,9,11,15-16,28H,2-6,8,10,12-14H2,1H3,(H,22,23,24,25). The molecule has 3 heterocycles. The Hall–Kier alpha value is -2.15. The van der Waals surface area contributed by atoms with Gasteiger partial charge in [0.2, 0.25) is 5.95 Å². The second-order valence-corrected chi connectivity index (χ2v) is 8.85. The van der Waals surface area contributed by atoms with Crippen LogP contribution >= 0.6 is 0 Å². The highest BCUT2D eigenvalue weighted by Crippen LogP contribution is 2.48. The molecule has 28 heavy (non-hydrogen) atoms. The van der Waals surface area contributed by atoms with E-state index in [4.69, 9.17) is 10.1 Å². The number of nitrogens with zero attached hydrogens (tertiary/aromatic N) is 5. The molecule has 1 saturated heterocycles. The molecule has 2 aromatic heterocycles. The molecule has 2 atom stereocenters. The number of aromatic nitrogens is 4. The lowest BCUT2D eigenvalue weighted by atomic mass is 9.89. The molecule has 2 aromatic rings. The number of aliphatic hydroxyl groups is 1. The monoisotopic (exact) mass is 382 g/mol. The van der Waals surface area contributed by atoms with E-state index in [9.17, 15) is 5.11 Å². The third kappa shape index (κ3) is 3.26. The van der Waals surface area contributed by atoms with Crippen molar-refractivity contribution in [1.82, 2.24) is 19.7 Å². The minimum absolute atomic E-state index is 0.0503. The zero-order valence-electron chi connectivity index (χ0n) is 16.6. The summed E-state index contributed by atoms with van der Waals surface area (Å²) in [6.07, 6.45) is 9.98. The molecule has 2 unspecified atom stereocenters. The first-order valence-electron chi connectivity index (χ1n) is 10.7. The van der Waals surface area contributed by atoms with Crippen LogP contribution in [0.1, 0.15) is 63.5 Å². The summed E-state index contributed by atoms with van der Waals surface area (Å²) in [7, 11) is 0. The molecule has 7 heteroatoms. The predicted molar refractivity (Wildman–Crippen MR) is 109 cm³/mol. The molecule has 3 aliphatic rings. The fourth-order valence-corrected chi connectivity index (χ4v) is 4.88. The van der Waals surface area contributed by atoms with Crippen LogP contribution in [0.2, 0.25) is 0 Å². The van der Waals surface area contributed by atoms with Crippen LogP contribution in [0.4, 0.5) is 17.6 Å². The van der Waals surface area contributed by atoms with Gasteiger partial charge in [-0.15, -0.1) is 0 Å². The molecule has 2 saturated carbocycles. The lowest BCUT2D eigenvalue weighted by Crippen LogP contribution is -2.37. The second-order valence-electron chi connectivity index (χ2n) is 8.85. The Morgan fingerprint density at radius 3 is 2.93 bits per heavy atom.